The first-order chi connectivity index (χ1) is 12.1. The number of carbonyl (C=O) groups excluding carboxylic acids is 1. The van der Waals surface area contributed by atoms with E-state index in [2.05, 4.69) is 15.2 Å². The number of nitrogens with zero attached hydrogens (tertiary/aromatic N) is 5. The van der Waals surface area contributed by atoms with Crippen LogP contribution in [0, 0.1) is 6.92 Å². The van der Waals surface area contributed by atoms with E-state index in [0.717, 1.165) is 22.6 Å². The monoisotopic (exact) mass is 353 g/mol. The molecule has 1 amide bonds. The van der Waals surface area contributed by atoms with E-state index in [-0.39, 0.29) is 5.91 Å². The summed E-state index contributed by atoms with van der Waals surface area (Å²) in [4.78, 5) is 17.6. The molecule has 0 radical (unpaired) electrons. The SMILES string of the molecule is Cc1ccccc1-n1c(SCC(=O)N(C)C)nnc1-c1ccncc1. The summed E-state index contributed by atoms with van der Waals surface area (Å²) in [5.74, 6) is 1.08. The van der Waals surface area contributed by atoms with E-state index in [9.17, 15) is 4.79 Å². The highest BCUT2D eigenvalue weighted by Crippen LogP contribution is 2.29. The second kappa shape index (κ2) is 7.48. The Kier molecular flexibility index (Phi) is 5.14. The lowest BCUT2D eigenvalue weighted by Gasteiger charge is -2.13. The molecule has 0 unspecified atom stereocenters. The fraction of sp³-hybridized carbons (Fsp3) is 0.222. The minimum Gasteiger partial charge on any atom is -0.348 e. The second-order valence-electron chi connectivity index (χ2n) is 5.74. The maximum Gasteiger partial charge on any atom is 0.232 e. The van der Waals surface area contributed by atoms with Crippen LogP contribution in [0.1, 0.15) is 5.56 Å². The van der Waals surface area contributed by atoms with E-state index in [1.807, 2.05) is 47.9 Å². The molecule has 25 heavy (non-hydrogen) atoms. The minimum absolute atomic E-state index is 0.0368. The Morgan fingerprint density at radius 3 is 2.52 bits per heavy atom. The van der Waals surface area contributed by atoms with Gasteiger partial charge in [0.15, 0.2) is 11.0 Å². The molecule has 128 valence electrons. The van der Waals surface area contributed by atoms with Crippen LogP contribution in [0.3, 0.4) is 0 Å². The van der Waals surface area contributed by atoms with Crippen molar-refractivity contribution in [2.45, 2.75) is 12.1 Å². The van der Waals surface area contributed by atoms with Gasteiger partial charge in [-0.1, -0.05) is 30.0 Å². The third kappa shape index (κ3) is 3.71. The molecule has 0 bridgehead atoms. The second-order valence-corrected chi connectivity index (χ2v) is 6.68. The van der Waals surface area contributed by atoms with E-state index >= 15 is 0 Å². The first-order valence-corrected chi connectivity index (χ1v) is 8.81. The molecule has 0 N–H and O–H groups in total. The lowest BCUT2D eigenvalue weighted by Crippen LogP contribution is -2.23. The lowest BCUT2D eigenvalue weighted by atomic mass is 10.2. The number of benzene rings is 1. The van der Waals surface area contributed by atoms with Gasteiger partial charge in [0.25, 0.3) is 0 Å². The predicted octanol–water partition coefficient (Wildman–Crippen LogP) is 2.82. The average Bonchev–Trinajstić information content (AvgIpc) is 3.04. The first-order valence-electron chi connectivity index (χ1n) is 7.82. The van der Waals surface area contributed by atoms with Crippen molar-refractivity contribution in [3.8, 4) is 17.1 Å². The third-order valence-corrected chi connectivity index (χ3v) is 4.67. The summed E-state index contributed by atoms with van der Waals surface area (Å²) in [6, 6.07) is 11.9. The molecule has 2 heterocycles. The Hall–Kier alpha value is -2.67. The van der Waals surface area contributed by atoms with Crippen molar-refractivity contribution < 1.29 is 4.79 Å². The number of amides is 1. The molecule has 2 aromatic heterocycles. The fourth-order valence-corrected chi connectivity index (χ4v) is 3.26. The number of rotatable bonds is 5. The van der Waals surface area contributed by atoms with E-state index < -0.39 is 0 Å². The fourth-order valence-electron chi connectivity index (χ4n) is 2.34. The van der Waals surface area contributed by atoms with Crippen molar-refractivity contribution in [2.75, 3.05) is 19.8 Å². The summed E-state index contributed by atoms with van der Waals surface area (Å²) >= 11 is 1.39. The van der Waals surface area contributed by atoms with Gasteiger partial charge in [0, 0.05) is 32.1 Å². The van der Waals surface area contributed by atoms with Crippen molar-refractivity contribution in [3.05, 3.63) is 54.4 Å². The van der Waals surface area contributed by atoms with Crippen LogP contribution in [0.4, 0.5) is 0 Å². The summed E-state index contributed by atoms with van der Waals surface area (Å²) in [5.41, 5.74) is 3.04. The van der Waals surface area contributed by atoms with Crippen molar-refractivity contribution in [3.63, 3.8) is 0 Å². The van der Waals surface area contributed by atoms with Gasteiger partial charge in [-0.15, -0.1) is 10.2 Å². The normalized spacial score (nSPS) is 10.7. The molecular weight excluding hydrogens is 334 g/mol. The molecule has 0 saturated carbocycles. The molecule has 6 nitrogen and oxygen atoms in total. The number of aryl methyl sites for hydroxylation is 1. The van der Waals surface area contributed by atoms with Gasteiger partial charge in [-0.25, -0.2) is 0 Å². The van der Waals surface area contributed by atoms with Gasteiger partial charge in [-0.3, -0.25) is 14.3 Å². The molecule has 0 aliphatic rings. The van der Waals surface area contributed by atoms with Crippen LogP contribution in [0.15, 0.2) is 53.9 Å². The highest BCUT2D eigenvalue weighted by atomic mass is 32.2. The van der Waals surface area contributed by atoms with Crippen LogP contribution < -0.4 is 0 Å². The number of carbonyl (C=O) groups is 1. The Morgan fingerprint density at radius 2 is 1.84 bits per heavy atom. The molecular formula is C18H19N5OS. The Morgan fingerprint density at radius 1 is 1.12 bits per heavy atom. The van der Waals surface area contributed by atoms with Crippen molar-refractivity contribution in [1.29, 1.82) is 0 Å². The van der Waals surface area contributed by atoms with Gasteiger partial charge in [-0.2, -0.15) is 0 Å². The summed E-state index contributed by atoms with van der Waals surface area (Å²) in [6.45, 7) is 2.05. The molecule has 0 aliphatic heterocycles. The number of hydrogen-bond donors (Lipinski definition) is 0. The summed E-state index contributed by atoms with van der Waals surface area (Å²) in [6.07, 6.45) is 3.46. The summed E-state index contributed by atoms with van der Waals surface area (Å²) in [7, 11) is 3.49. The van der Waals surface area contributed by atoms with Crippen LogP contribution in [0.5, 0.6) is 0 Å². The quantitative estimate of drug-likeness (QED) is 0.660. The molecule has 0 atom stereocenters. The predicted molar refractivity (Wildman–Crippen MR) is 98.7 cm³/mol. The van der Waals surface area contributed by atoms with E-state index in [0.29, 0.717) is 10.9 Å². The highest BCUT2D eigenvalue weighted by Gasteiger charge is 2.18. The van der Waals surface area contributed by atoms with Crippen LogP contribution in [-0.2, 0) is 4.79 Å². The number of aromatic nitrogens is 4. The highest BCUT2D eigenvalue weighted by molar-refractivity contribution is 7.99. The van der Waals surface area contributed by atoms with Gasteiger partial charge in [0.1, 0.15) is 0 Å². The number of pyridine rings is 1. The van der Waals surface area contributed by atoms with Gasteiger partial charge >= 0.3 is 0 Å². The number of para-hydroxylation sites is 1. The average molecular weight is 353 g/mol. The van der Waals surface area contributed by atoms with Gasteiger partial charge in [-0.05, 0) is 30.7 Å². The summed E-state index contributed by atoms with van der Waals surface area (Å²) < 4.78 is 2.00. The topological polar surface area (TPSA) is 63.9 Å². The smallest absolute Gasteiger partial charge is 0.232 e. The minimum atomic E-state index is 0.0368. The molecule has 7 heteroatoms. The zero-order valence-electron chi connectivity index (χ0n) is 14.4. The molecule has 0 spiro atoms. The molecule has 0 saturated heterocycles. The van der Waals surface area contributed by atoms with Gasteiger partial charge < -0.3 is 4.90 Å². The van der Waals surface area contributed by atoms with Crippen LogP contribution in [0.25, 0.3) is 17.1 Å². The number of hydrogen-bond acceptors (Lipinski definition) is 5. The van der Waals surface area contributed by atoms with Crippen molar-refractivity contribution >= 4 is 17.7 Å². The van der Waals surface area contributed by atoms with Crippen LogP contribution in [-0.4, -0.2) is 50.4 Å². The van der Waals surface area contributed by atoms with E-state index in [1.54, 1.807) is 31.4 Å². The molecule has 3 aromatic rings. The molecule has 0 aliphatic carbocycles. The van der Waals surface area contributed by atoms with Gasteiger partial charge in [0.2, 0.25) is 5.91 Å². The zero-order valence-corrected chi connectivity index (χ0v) is 15.2. The zero-order chi connectivity index (χ0) is 17.8. The van der Waals surface area contributed by atoms with Crippen LogP contribution >= 0.6 is 11.8 Å². The maximum atomic E-state index is 11.9. The Labute approximate surface area is 150 Å². The maximum absolute atomic E-state index is 11.9. The van der Waals surface area contributed by atoms with Crippen molar-refractivity contribution in [1.82, 2.24) is 24.6 Å². The molecule has 3 rings (SSSR count). The third-order valence-electron chi connectivity index (χ3n) is 3.75. The lowest BCUT2D eigenvalue weighted by molar-refractivity contribution is -0.125. The standard InChI is InChI=1S/C18H19N5OS/c1-13-6-4-5-7-15(13)23-17(14-8-10-19-11-9-14)20-21-18(23)25-12-16(24)22(2)3/h4-11H,12H2,1-3H3. The number of thioether (sulfide) groups is 1. The van der Waals surface area contributed by atoms with E-state index in [4.69, 9.17) is 0 Å². The molecule has 1 aromatic carbocycles. The Bertz CT molecular complexity index is 876. The van der Waals surface area contributed by atoms with Crippen LogP contribution in [0.2, 0.25) is 0 Å². The van der Waals surface area contributed by atoms with E-state index in [1.165, 1.54) is 11.8 Å². The largest absolute Gasteiger partial charge is 0.348 e. The van der Waals surface area contributed by atoms with Crippen molar-refractivity contribution in [2.24, 2.45) is 0 Å². The Balaban J connectivity index is 2.06. The first kappa shape index (κ1) is 17.2. The summed E-state index contributed by atoms with van der Waals surface area (Å²) in [5, 5.41) is 9.38. The van der Waals surface area contributed by atoms with Gasteiger partial charge in [0.05, 0.1) is 11.4 Å². The molecule has 0 fully saturated rings.